The molecule has 4 nitrogen and oxygen atoms in total. The molecule has 0 bridgehead atoms. The fourth-order valence-electron chi connectivity index (χ4n) is 1.87. The van der Waals surface area contributed by atoms with E-state index in [9.17, 15) is 8.42 Å². The van der Waals surface area contributed by atoms with Crippen molar-refractivity contribution >= 4 is 21.6 Å². The molecule has 0 heterocycles. The summed E-state index contributed by atoms with van der Waals surface area (Å²) >= 11 is 5.95. The molecule has 0 atom stereocenters. The predicted octanol–water partition coefficient (Wildman–Crippen LogP) is 3.15. The van der Waals surface area contributed by atoms with E-state index in [0.29, 0.717) is 10.8 Å². The summed E-state index contributed by atoms with van der Waals surface area (Å²) in [5.41, 5.74) is 1.85. The first-order chi connectivity index (χ1) is 10.5. The second-order valence-electron chi connectivity index (χ2n) is 4.92. The Morgan fingerprint density at radius 3 is 2.45 bits per heavy atom. The Balaban J connectivity index is 1.80. The molecule has 2 aromatic carbocycles. The molecule has 2 rings (SSSR count). The first kappa shape index (κ1) is 16.8. The highest BCUT2D eigenvalue weighted by Crippen LogP contribution is 2.22. The van der Waals surface area contributed by atoms with Crippen molar-refractivity contribution in [1.82, 2.24) is 4.72 Å². The zero-order chi connectivity index (χ0) is 16.0. The van der Waals surface area contributed by atoms with E-state index in [0.717, 1.165) is 11.1 Å². The van der Waals surface area contributed by atoms with Gasteiger partial charge in [0.25, 0.3) is 0 Å². The van der Waals surface area contributed by atoms with Crippen LogP contribution in [0.3, 0.4) is 0 Å². The van der Waals surface area contributed by atoms with Crippen LogP contribution in [0.5, 0.6) is 5.75 Å². The highest BCUT2D eigenvalue weighted by molar-refractivity contribution is 7.88. The molecule has 6 heteroatoms. The lowest BCUT2D eigenvalue weighted by Gasteiger charge is -2.09. The van der Waals surface area contributed by atoms with Gasteiger partial charge in [0.1, 0.15) is 12.4 Å². The maximum Gasteiger partial charge on any atom is 0.215 e. The Kier molecular flexibility index (Phi) is 5.83. The molecular formula is C16H18ClNO3S. The summed E-state index contributed by atoms with van der Waals surface area (Å²) in [4.78, 5) is 0. The minimum atomic E-state index is -3.38. The van der Waals surface area contributed by atoms with E-state index in [1.165, 1.54) is 0 Å². The normalized spacial score (nSPS) is 11.4. The fourth-order valence-corrected chi connectivity index (χ4v) is 3.19. The van der Waals surface area contributed by atoms with Gasteiger partial charge in [-0.05, 0) is 24.6 Å². The smallest absolute Gasteiger partial charge is 0.215 e. The van der Waals surface area contributed by atoms with E-state index in [4.69, 9.17) is 16.3 Å². The van der Waals surface area contributed by atoms with Crippen LogP contribution in [0.1, 0.15) is 11.1 Å². The number of sulfonamides is 1. The minimum absolute atomic E-state index is 0.0423. The number of benzene rings is 2. The topological polar surface area (TPSA) is 55.4 Å². The number of para-hydroxylation sites is 1. The number of halogens is 1. The molecule has 22 heavy (non-hydrogen) atoms. The first-order valence-electron chi connectivity index (χ1n) is 6.86. The quantitative estimate of drug-likeness (QED) is 0.788. The number of aryl methyl sites for hydroxylation is 1. The van der Waals surface area contributed by atoms with Gasteiger partial charge in [0, 0.05) is 6.54 Å². The highest BCUT2D eigenvalue weighted by atomic mass is 35.5. The molecular weight excluding hydrogens is 322 g/mol. The van der Waals surface area contributed by atoms with Gasteiger partial charge in [-0.25, -0.2) is 13.1 Å². The van der Waals surface area contributed by atoms with Gasteiger partial charge in [0.15, 0.2) is 0 Å². The van der Waals surface area contributed by atoms with Crippen molar-refractivity contribution in [3.8, 4) is 5.75 Å². The number of nitrogens with one attached hydrogen (secondary N) is 1. The summed E-state index contributed by atoms with van der Waals surface area (Å²) in [5.74, 6) is 0.501. The Morgan fingerprint density at radius 1 is 1.09 bits per heavy atom. The molecule has 0 aliphatic carbocycles. The van der Waals surface area contributed by atoms with Crippen molar-refractivity contribution in [3.63, 3.8) is 0 Å². The largest absolute Gasteiger partial charge is 0.491 e. The summed E-state index contributed by atoms with van der Waals surface area (Å²) in [6.07, 6.45) is 0. The van der Waals surface area contributed by atoms with Gasteiger partial charge >= 0.3 is 0 Å². The van der Waals surface area contributed by atoms with E-state index in [2.05, 4.69) is 4.72 Å². The molecule has 0 saturated carbocycles. The Hall–Kier alpha value is -1.56. The van der Waals surface area contributed by atoms with Crippen molar-refractivity contribution in [2.45, 2.75) is 12.7 Å². The predicted molar refractivity (Wildman–Crippen MR) is 88.8 cm³/mol. The van der Waals surface area contributed by atoms with Crippen LogP contribution in [-0.4, -0.2) is 21.6 Å². The number of rotatable bonds is 7. The van der Waals surface area contributed by atoms with Gasteiger partial charge in [-0.15, -0.1) is 0 Å². The third-order valence-corrected chi connectivity index (χ3v) is 4.67. The van der Waals surface area contributed by atoms with Crippen LogP contribution in [0, 0.1) is 6.92 Å². The third-order valence-electron chi connectivity index (χ3n) is 3.00. The van der Waals surface area contributed by atoms with Crippen LogP contribution in [0.2, 0.25) is 5.02 Å². The molecule has 2 aromatic rings. The molecule has 118 valence electrons. The van der Waals surface area contributed by atoms with Crippen molar-refractivity contribution in [3.05, 3.63) is 64.7 Å². The Labute approximate surface area is 136 Å². The third kappa shape index (κ3) is 5.33. The van der Waals surface area contributed by atoms with E-state index < -0.39 is 10.0 Å². The highest BCUT2D eigenvalue weighted by Gasteiger charge is 2.11. The van der Waals surface area contributed by atoms with Crippen LogP contribution in [-0.2, 0) is 15.8 Å². The molecule has 0 saturated heterocycles. The van der Waals surface area contributed by atoms with E-state index in [1.807, 2.05) is 37.3 Å². The summed E-state index contributed by atoms with van der Waals surface area (Å²) in [6, 6.07) is 14.5. The average molecular weight is 340 g/mol. The van der Waals surface area contributed by atoms with Gasteiger partial charge in [0.2, 0.25) is 10.0 Å². The zero-order valence-corrected chi connectivity index (χ0v) is 13.8. The lowest BCUT2D eigenvalue weighted by atomic mass is 10.2. The summed E-state index contributed by atoms with van der Waals surface area (Å²) in [5, 5.41) is 0.505. The number of ether oxygens (including phenoxy) is 1. The second kappa shape index (κ2) is 7.63. The van der Waals surface area contributed by atoms with Crippen molar-refractivity contribution in [2.75, 3.05) is 13.2 Å². The van der Waals surface area contributed by atoms with Crippen molar-refractivity contribution < 1.29 is 13.2 Å². The Bertz CT molecular complexity index is 714. The van der Waals surface area contributed by atoms with E-state index >= 15 is 0 Å². The Morgan fingerprint density at radius 2 is 1.77 bits per heavy atom. The van der Waals surface area contributed by atoms with Crippen LogP contribution in [0.25, 0.3) is 0 Å². The molecule has 0 aromatic heterocycles. The first-order valence-corrected chi connectivity index (χ1v) is 8.89. The standard InChI is InChI=1S/C16H18ClNO3S/c1-13-6-8-14(9-7-13)12-22(19,20)18-10-11-21-16-5-3-2-4-15(16)17/h2-9,18H,10-12H2,1H3. The summed E-state index contributed by atoms with van der Waals surface area (Å²) in [7, 11) is -3.38. The SMILES string of the molecule is Cc1ccc(CS(=O)(=O)NCCOc2ccccc2Cl)cc1. The molecule has 1 N–H and O–H groups in total. The van der Waals surface area contributed by atoms with Gasteiger partial charge in [0.05, 0.1) is 10.8 Å². The molecule has 0 aliphatic rings. The maximum absolute atomic E-state index is 12.0. The van der Waals surface area contributed by atoms with E-state index in [-0.39, 0.29) is 18.9 Å². The average Bonchev–Trinajstić information content (AvgIpc) is 2.47. The zero-order valence-electron chi connectivity index (χ0n) is 12.3. The van der Waals surface area contributed by atoms with Crippen molar-refractivity contribution in [1.29, 1.82) is 0 Å². The summed E-state index contributed by atoms with van der Waals surface area (Å²) < 4.78 is 31.9. The molecule has 0 unspecified atom stereocenters. The monoisotopic (exact) mass is 339 g/mol. The second-order valence-corrected chi connectivity index (χ2v) is 7.13. The lowest BCUT2D eigenvalue weighted by Crippen LogP contribution is -2.29. The van der Waals surface area contributed by atoms with Crippen LogP contribution in [0.15, 0.2) is 48.5 Å². The van der Waals surface area contributed by atoms with Crippen molar-refractivity contribution in [2.24, 2.45) is 0 Å². The molecule has 0 aliphatic heterocycles. The van der Waals surface area contributed by atoms with Crippen LogP contribution < -0.4 is 9.46 Å². The lowest BCUT2D eigenvalue weighted by molar-refractivity contribution is 0.323. The molecule has 0 spiro atoms. The number of hydrogen-bond acceptors (Lipinski definition) is 3. The minimum Gasteiger partial charge on any atom is -0.491 e. The van der Waals surface area contributed by atoms with Crippen LogP contribution in [0.4, 0.5) is 0 Å². The van der Waals surface area contributed by atoms with Crippen LogP contribution >= 0.6 is 11.6 Å². The molecule has 0 fully saturated rings. The van der Waals surface area contributed by atoms with Gasteiger partial charge < -0.3 is 4.74 Å². The van der Waals surface area contributed by atoms with Gasteiger partial charge in [-0.1, -0.05) is 53.6 Å². The van der Waals surface area contributed by atoms with Gasteiger partial charge in [-0.2, -0.15) is 0 Å². The molecule has 0 amide bonds. The molecule has 0 radical (unpaired) electrons. The summed E-state index contributed by atoms with van der Waals surface area (Å²) in [6.45, 7) is 2.37. The van der Waals surface area contributed by atoms with Gasteiger partial charge in [-0.3, -0.25) is 0 Å². The fraction of sp³-hybridized carbons (Fsp3) is 0.250. The number of hydrogen-bond donors (Lipinski definition) is 1. The van der Waals surface area contributed by atoms with E-state index in [1.54, 1.807) is 18.2 Å². The maximum atomic E-state index is 12.0.